The van der Waals surface area contributed by atoms with E-state index in [1.54, 1.807) is 29.2 Å². The van der Waals surface area contributed by atoms with E-state index in [-0.39, 0.29) is 12.3 Å². The maximum atomic E-state index is 12.4. The number of unbranched alkanes of at least 4 members (excludes halogenated alkanes) is 2. The average molecular weight is 420 g/mol. The molecule has 5 nitrogen and oxygen atoms in total. The Bertz CT molecular complexity index is 719. The number of halogens is 1. The Hall–Kier alpha value is -2.29. The van der Waals surface area contributed by atoms with Gasteiger partial charge in [-0.05, 0) is 30.5 Å². The Labute approximate surface area is 178 Å². The fraction of sp³-hybridized carbons (Fsp3) is 0.478. The van der Waals surface area contributed by atoms with Crippen LogP contribution in [0.3, 0.4) is 0 Å². The van der Waals surface area contributed by atoms with E-state index >= 15 is 0 Å². The second-order valence-corrected chi connectivity index (χ2v) is 7.24. The molecular formula is C23H30ClNO4. The van der Waals surface area contributed by atoms with Gasteiger partial charge in [-0.1, -0.05) is 55.2 Å². The average Bonchev–Trinajstić information content (AvgIpc) is 2.68. The van der Waals surface area contributed by atoms with Crippen LogP contribution < -0.4 is 0 Å². The van der Waals surface area contributed by atoms with Gasteiger partial charge in [-0.3, -0.25) is 9.59 Å². The predicted molar refractivity (Wildman–Crippen MR) is 116 cm³/mol. The third kappa shape index (κ3) is 12.0. The van der Waals surface area contributed by atoms with Crippen molar-refractivity contribution in [3.63, 3.8) is 0 Å². The molecule has 0 aromatic heterocycles. The molecule has 0 saturated carbocycles. The van der Waals surface area contributed by atoms with Crippen molar-refractivity contribution in [2.24, 2.45) is 0 Å². The molecule has 0 saturated heterocycles. The standard InChI is InChI=1S/C23H30ClNO4/c1-2-3-10-22(27)25(16-7-5-4-6-11-23(28)29)17-8-9-21(26)18-19-12-14-20(24)15-13-19/h8-9,12-15,21,26H,2-4,6,10-11,16-18H2,1H3,(H,28,29)/b9-8+. The second kappa shape index (κ2) is 14.7. The zero-order valence-corrected chi connectivity index (χ0v) is 17.7. The molecule has 1 aromatic rings. The first-order chi connectivity index (χ1) is 13.9. The number of aliphatic hydroxyl groups is 1. The monoisotopic (exact) mass is 419 g/mol. The van der Waals surface area contributed by atoms with Crippen molar-refractivity contribution in [1.29, 1.82) is 0 Å². The first-order valence-electron chi connectivity index (χ1n) is 9.96. The summed E-state index contributed by atoms with van der Waals surface area (Å²) in [6.07, 6.45) is 6.64. The lowest BCUT2D eigenvalue weighted by molar-refractivity contribution is -0.137. The summed E-state index contributed by atoms with van der Waals surface area (Å²) < 4.78 is 0. The number of rotatable bonds is 12. The largest absolute Gasteiger partial charge is 0.481 e. The van der Waals surface area contributed by atoms with Crippen molar-refractivity contribution in [3.05, 3.63) is 47.0 Å². The van der Waals surface area contributed by atoms with E-state index in [9.17, 15) is 14.7 Å². The number of carbonyl (C=O) groups excluding carboxylic acids is 1. The highest BCUT2D eigenvalue weighted by molar-refractivity contribution is 6.30. The first kappa shape index (κ1) is 24.7. The van der Waals surface area contributed by atoms with E-state index in [0.29, 0.717) is 43.8 Å². The fourth-order valence-electron chi connectivity index (χ4n) is 2.58. The van der Waals surface area contributed by atoms with E-state index < -0.39 is 12.1 Å². The lowest BCUT2D eigenvalue weighted by Gasteiger charge is -2.18. The molecule has 0 spiro atoms. The third-order valence-electron chi connectivity index (χ3n) is 4.23. The highest BCUT2D eigenvalue weighted by Gasteiger charge is 2.10. The predicted octanol–water partition coefficient (Wildman–Crippen LogP) is 4.08. The Morgan fingerprint density at radius 1 is 1.17 bits per heavy atom. The topological polar surface area (TPSA) is 77.8 Å². The zero-order chi connectivity index (χ0) is 21.5. The third-order valence-corrected chi connectivity index (χ3v) is 4.48. The molecule has 1 atom stereocenters. The van der Waals surface area contributed by atoms with Gasteiger partial charge in [0.05, 0.1) is 12.6 Å². The molecule has 158 valence electrons. The molecule has 0 bridgehead atoms. The summed E-state index contributed by atoms with van der Waals surface area (Å²) in [5, 5.41) is 19.5. The van der Waals surface area contributed by atoms with Crippen LogP contribution in [0.4, 0.5) is 0 Å². The molecule has 1 rings (SSSR count). The number of aliphatic carboxylic acids is 1. The maximum Gasteiger partial charge on any atom is 0.303 e. The van der Waals surface area contributed by atoms with Gasteiger partial charge >= 0.3 is 5.97 Å². The number of aliphatic hydroxyl groups excluding tert-OH is 1. The van der Waals surface area contributed by atoms with Gasteiger partial charge in [-0.25, -0.2) is 0 Å². The fourth-order valence-corrected chi connectivity index (χ4v) is 2.71. The van der Waals surface area contributed by atoms with Gasteiger partial charge in [0, 0.05) is 37.3 Å². The van der Waals surface area contributed by atoms with Crippen molar-refractivity contribution < 1.29 is 19.8 Å². The molecule has 29 heavy (non-hydrogen) atoms. The number of hydrogen-bond acceptors (Lipinski definition) is 3. The van der Waals surface area contributed by atoms with Gasteiger partial charge in [0.2, 0.25) is 5.91 Å². The van der Waals surface area contributed by atoms with Crippen LogP contribution in [-0.2, 0) is 16.0 Å². The normalized spacial score (nSPS) is 11.7. The quantitative estimate of drug-likeness (QED) is 0.304. The minimum atomic E-state index is -0.828. The lowest BCUT2D eigenvalue weighted by Crippen LogP contribution is -2.31. The minimum Gasteiger partial charge on any atom is -0.481 e. The SMILES string of the molecule is CCCCC(=O)N(CC#CCCCC(=O)O)C/C=C/C(O)Cc1ccc(Cl)cc1. The molecule has 0 heterocycles. The number of nitrogens with zero attached hydrogens (tertiary/aromatic N) is 1. The Balaban J connectivity index is 2.55. The highest BCUT2D eigenvalue weighted by Crippen LogP contribution is 2.11. The molecule has 0 radical (unpaired) electrons. The molecule has 1 unspecified atom stereocenters. The molecule has 0 aliphatic rings. The van der Waals surface area contributed by atoms with Gasteiger partial charge in [-0.2, -0.15) is 0 Å². The van der Waals surface area contributed by atoms with Gasteiger partial charge in [-0.15, -0.1) is 5.92 Å². The van der Waals surface area contributed by atoms with Crippen LogP contribution in [0, 0.1) is 11.8 Å². The number of benzene rings is 1. The van der Waals surface area contributed by atoms with Crippen molar-refractivity contribution in [3.8, 4) is 11.8 Å². The first-order valence-corrected chi connectivity index (χ1v) is 10.3. The van der Waals surface area contributed by atoms with Crippen LogP contribution in [0.2, 0.25) is 5.02 Å². The number of carboxylic acids is 1. The van der Waals surface area contributed by atoms with E-state index in [1.165, 1.54) is 0 Å². The summed E-state index contributed by atoms with van der Waals surface area (Å²) in [7, 11) is 0. The molecule has 1 aromatic carbocycles. The second-order valence-electron chi connectivity index (χ2n) is 6.80. The zero-order valence-electron chi connectivity index (χ0n) is 16.9. The van der Waals surface area contributed by atoms with Crippen molar-refractivity contribution >= 4 is 23.5 Å². The molecule has 6 heteroatoms. The van der Waals surface area contributed by atoms with Crippen LogP contribution in [0.25, 0.3) is 0 Å². The molecular weight excluding hydrogens is 390 g/mol. The molecule has 0 fully saturated rings. The number of carbonyl (C=O) groups is 2. The maximum absolute atomic E-state index is 12.4. The highest BCUT2D eigenvalue weighted by atomic mass is 35.5. The van der Waals surface area contributed by atoms with Gasteiger partial charge in [0.1, 0.15) is 0 Å². The Morgan fingerprint density at radius 3 is 2.55 bits per heavy atom. The van der Waals surface area contributed by atoms with Crippen LogP contribution in [0.1, 0.15) is 51.0 Å². The van der Waals surface area contributed by atoms with Crippen molar-refractivity contribution in [2.45, 2.75) is 58.0 Å². The Morgan fingerprint density at radius 2 is 1.90 bits per heavy atom. The van der Waals surface area contributed by atoms with Crippen LogP contribution in [0.5, 0.6) is 0 Å². The Kier molecular flexibility index (Phi) is 12.5. The van der Waals surface area contributed by atoms with Gasteiger partial charge < -0.3 is 15.1 Å². The van der Waals surface area contributed by atoms with Crippen molar-refractivity contribution in [2.75, 3.05) is 13.1 Å². The number of amides is 1. The van der Waals surface area contributed by atoms with E-state index in [4.69, 9.17) is 16.7 Å². The summed E-state index contributed by atoms with van der Waals surface area (Å²) in [5.74, 6) is 5.08. The van der Waals surface area contributed by atoms with E-state index in [0.717, 1.165) is 18.4 Å². The van der Waals surface area contributed by atoms with E-state index in [2.05, 4.69) is 11.8 Å². The summed E-state index contributed by atoms with van der Waals surface area (Å²) in [6.45, 7) is 2.71. The summed E-state index contributed by atoms with van der Waals surface area (Å²) >= 11 is 5.86. The van der Waals surface area contributed by atoms with Crippen LogP contribution in [0.15, 0.2) is 36.4 Å². The smallest absolute Gasteiger partial charge is 0.303 e. The molecule has 2 N–H and O–H groups in total. The summed E-state index contributed by atoms with van der Waals surface area (Å²) in [4.78, 5) is 24.5. The van der Waals surface area contributed by atoms with Gasteiger partial charge in [0.15, 0.2) is 0 Å². The van der Waals surface area contributed by atoms with E-state index in [1.807, 2.05) is 19.1 Å². The molecule has 0 aliphatic carbocycles. The van der Waals surface area contributed by atoms with Crippen LogP contribution in [-0.4, -0.2) is 46.2 Å². The number of carboxylic acid groups (broad SMARTS) is 1. The lowest BCUT2D eigenvalue weighted by atomic mass is 10.1. The molecule has 0 aliphatic heterocycles. The molecule has 1 amide bonds. The minimum absolute atomic E-state index is 0.0310. The summed E-state index contributed by atoms with van der Waals surface area (Å²) in [6, 6.07) is 7.33. The van der Waals surface area contributed by atoms with Crippen LogP contribution >= 0.6 is 11.6 Å². The summed E-state index contributed by atoms with van der Waals surface area (Å²) in [5.41, 5.74) is 0.981. The van der Waals surface area contributed by atoms with Gasteiger partial charge in [0.25, 0.3) is 0 Å². The van der Waals surface area contributed by atoms with Crippen molar-refractivity contribution in [1.82, 2.24) is 4.90 Å². The number of hydrogen-bond donors (Lipinski definition) is 2.